The van der Waals surface area contributed by atoms with Gasteiger partial charge < -0.3 is 4.90 Å². The SMILES string of the molecule is CN(c1ccncn1)C1CCCN(Cc2ccncc2F)C1. The molecule has 22 heavy (non-hydrogen) atoms. The van der Waals surface area contributed by atoms with Gasteiger partial charge in [-0.1, -0.05) is 0 Å². The zero-order valence-electron chi connectivity index (χ0n) is 12.7. The molecular formula is C16H20FN5. The molecule has 6 heteroatoms. The van der Waals surface area contributed by atoms with E-state index < -0.39 is 0 Å². The number of hydrogen-bond acceptors (Lipinski definition) is 5. The monoisotopic (exact) mass is 301 g/mol. The molecule has 1 unspecified atom stereocenters. The molecule has 0 saturated carbocycles. The van der Waals surface area contributed by atoms with Crippen LogP contribution < -0.4 is 4.90 Å². The second kappa shape index (κ2) is 6.79. The molecule has 5 nitrogen and oxygen atoms in total. The summed E-state index contributed by atoms with van der Waals surface area (Å²) in [5.74, 6) is 0.700. The van der Waals surface area contributed by atoms with Gasteiger partial charge in [-0.3, -0.25) is 9.88 Å². The van der Waals surface area contributed by atoms with Gasteiger partial charge in [0.2, 0.25) is 0 Å². The van der Waals surface area contributed by atoms with Gasteiger partial charge in [0.05, 0.1) is 6.20 Å². The molecule has 0 bridgehead atoms. The van der Waals surface area contributed by atoms with E-state index in [9.17, 15) is 4.39 Å². The second-order valence-electron chi connectivity index (χ2n) is 5.68. The lowest BCUT2D eigenvalue weighted by molar-refractivity contribution is 0.196. The zero-order chi connectivity index (χ0) is 15.4. The molecule has 2 aromatic heterocycles. The van der Waals surface area contributed by atoms with E-state index in [1.807, 2.05) is 6.07 Å². The summed E-state index contributed by atoms with van der Waals surface area (Å²) in [6.45, 7) is 2.53. The molecule has 3 heterocycles. The third-order valence-corrected chi connectivity index (χ3v) is 4.21. The van der Waals surface area contributed by atoms with E-state index in [0.717, 1.165) is 31.7 Å². The number of aromatic nitrogens is 3. The Hall–Kier alpha value is -2.08. The number of likely N-dealkylation sites (N-methyl/N-ethyl adjacent to an activating group) is 1. The Balaban J connectivity index is 1.66. The Bertz CT molecular complexity index is 606. The van der Waals surface area contributed by atoms with Crippen LogP contribution in [0.3, 0.4) is 0 Å². The van der Waals surface area contributed by atoms with E-state index >= 15 is 0 Å². The Morgan fingerprint density at radius 1 is 1.32 bits per heavy atom. The summed E-state index contributed by atoms with van der Waals surface area (Å²) in [6, 6.07) is 4.06. The maximum Gasteiger partial charge on any atom is 0.145 e. The minimum Gasteiger partial charge on any atom is -0.355 e. The predicted molar refractivity (Wildman–Crippen MR) is 82.9 cm³/mol. The molecule has 0 radical (unpaired) electrons. The molecule has 1 aliphatic rings. The molecule has 2 aromatic rings. The van der Waals surface area contributed by atoms with Crippen LogP contribution in [0.15, 0.2) is 37.1 Å². The fourth-order valence-corrected chi connectivity index (χ4v) is 2.94. The molecule has 1 fully saturated rings. The fourth-order valence-electron chi connectivity index (χ4n) is 2.94. The molecule has 3 rings (SSSR count). The summed E-state index contributed by atoms with van der Waals surface area (Å²) in [5.41, 5.74) is 0.709. The Kier molecular flexibility index (Phi) is 4.58. The van der Waals surface area contributed by atoms with E-state index in [4.69, 9.17) is 0 Å². The first-order valence-corrected chi connectivity index (χ1v) is 7.53. The minimum atomic E-state index is -0.228. The lowest BCUT2D eigenvalue weighted by atomic mass is 10.0. The van der Waals surface area contributed by atoms with Crippen molar-refractivity contribution in [1.29, 1.82) is 0 Å². The molecule has 116 valence electrons. The third kappa shape index (κ3) is 3.39. The normalized spacial score (nSPS) is 19.1. The van der Waals surface area contributed by atoms with Crippen LogP contribution in [-0.2, 0) is 6.54 Å². The van der Waals surface area contributed by atoms with Gasteiger partial charge in [0, 0.05) is 44.1 Å². The van der Waals surface area contributed by atoms with Crippen molar-refractivity contribution in [3.63, 3.8) is 0 Å². The summed E-state index contributed by atoms with van der Waals surface area (Å²) in [5, 5.41) is 0. The summed E-state index contributed by atoms with van der Waals surface area (Å²) in [7, 11) is 2.06. The van der Waals surface area contributed by atoms with Gasteiger partial charge in [-0.05, 0) is 31.5 Å². The summed E-state index contributed by atoms with van der Waals surface area (Å²) >= 11 is 0. The standard InChI is InChI=1S/C16H20FN5/c1-21(16-5-7-19-12-20-16)14-3-2-8-22(11-14)10-13-4-6-18-9-15(13)17/h4-7,9,12,14H,2-3,8,10-11H2,1H3. The average molecular weight is 301 g/mol. The van der Waals surface area contributed by atoms with Crippen LogP contribution >= 0.6 is 0 Å². The topological polar surface area (TPSA) is 45.2 Å². The fraction of sp³-hybridized carbons (Fsp3) is 0.438. The van der Waals surface area contributed by atoms with E-state index in [0.29, 0.717) is 18.2 Å². The van der Waals surface area contributed by atoms with E-state index in [-0.39, 0.29) is 5.82 Å². The lowest BCUT2D eigenvalue weighted by Crippen LogP contribution is -2.46. The van der Waals surface area contributed by atoms with Crippen molar-refractivity contribution in [2.24, 2.45) is 0 Å². The van der Waals surface area contributed by atoms with Crippen LogP contribution in [0.2, 0.25) is 0 Å². The van der Waals surface area contributed by atoms with Gasteiger partial charge in [0.25, 0.3) is 0 Å². The van der Waals surface area contributed by atoms with Gasteiger partial charge in [-0.2, -0.15) is 0 Å². The molecule has 0 amide bonds. The van der Waals surface area contributed by atoms with Gasteiger partial charge in [-0.15, -0.1) is 0 Å². The van der Waals surface area contributed by atoms with Gasteiger partial charge in [0.15, 0.2) is 0 Å². The van der Waals surface area contributed by atoms with Crippen LogP contribution in [-0.4, -0.2) is 46.0 Å². The van der Waals surface area contributed by atoms with Crippen LogP contribution in [0.5, 0.6) is 0 Å². The van der Waals surface area contributed by atoms with E-state index in [1.165, 1.54) is 6.20 Å². The summed E-state index contributed by atoms with van der Waals surface area (Å²) < 4.78 is 13.7. The first-order valence-electron chi connectivity index (χ1n) is 7.53. The maximum atomic E-state index is 13.7. The number of hydrogen-bond donors (Lipinski definition) is 0. The highest BCUT2D eigenvalue weighted by Crippen LogP contribution is 2.21. The Morgan fingerprint density at radius 3 is 2.95 bits per heavy atom. The number of nitrogens with zero attached hydrogens (tertiary/aromatic N) is 5. The highest BCUT2D eigenvalue weighted by Gasteiger charge is 2.24. The van der Waals surface area contributed by atoms with Crippen molar-refractivity contribution in [3.8, 4) is 0 Å². The molecule has 1 atom stereocenters. The summed E-state index contributed by atoms with van der Waals surface area (Å²) in [4.78, 5) is 16.6. The van der Waals surface area contributed by atoms with E-state index in [2.05, 4.69) is 31.8 Å². The highest BCUT2D eigenvalue weighted by molar-refractivity contribution is 5.37. The second-order valence-corrected chi connectivity index (χ2v) is 5.68. The molecule has 1 saturated heterocycles. The number of anilines is 1. The van der Waals surface area contributed by atoms with Crippen molar-refractivity contribution in [3.05, 3.63) is 48.4 Å². The first-order chi connectivity index (χ1) is 10.7. The average Bonchev–Trinajstić information content (AvgIpc) is 2.57. The number of piperidine rings is 1. The first kappa shape index (κ1) is 14.8. The van der Waals surface area contributed by atoms with Crippen molar-refractivity contribution in [2.45, 2.75) is 25.4 Å². The van der Waals surface area contributed by atoms with Crippen molar-refractivity contribution < 1.29 is 4.39 Å². The van der Waals surface area contributed by atoms with Crippen LogP contribution in [0.25, 0.3) is 0 Å². The predicted octanol–water partition coefficient (Wildman–Crippen LogP) is 2.11. The molecule has 0 aromatic carbocycles. The van der Waals surface area contributed by atoms with Gasteiger partial charge in [-0.25, -0.2) is 14.4 Å². The molecule has 0 aliphatic carbocycles. The van der Waals surface area contributed by atoms with Crippen LogP contribution in [0.1, 0.15) is 18.4 Å². The van der Waals surface area contributed by atoms with Gasteiger partial charge in [0.1, 0.15) is 18.0 Å². The Morgan fingerprint density at radius 2 is 2.18 bits per heavy atom. The molecule has 0 N–H and O–H groups in total. The van der Waals surface area contributed by atoms with Crippen LogP contribution in [0, 0.1) is 5.82 Å². The highest BCUT2D eigenvalue weighted by atomic mass is 19.1. The summed E-state index contributed by atoms with van der Waals surface area (Å²) in [6.07, 6.45) is 8.48. The largest absolute Gasteiger partial charge is 0.355 e. The molecule has 0 spiro atoms. The van der Waals surface area contributed by atoms with Gasteiger partial charge >= 0.3 is 0 Å². The zero-order valence-corrected chi connectivity index (χ0v) is 12.7. The molecule has 1 aliphatic heterocycles. The Labute approximate surface area is 129 Å². The van der Waals surface area contributed by atoms with E-state index in [1.54, 1.807) is 24.8 Å². The number of rotatable bonds is 4. The van der Waals surface area contributed by atoms with Crippen molar-refractivity contribution in [1.82, 2.24) is 19.9 Å². The molecular weight excluding hydrogens is 281 g/mol. The maximum absolute atomic E-state index is 13.7. The quantitative estimate of drug-likeness (QED) is 0.865. The number of halogens is 1. The minimum absolute atomic E-state index is 0.228. The smallest absolute Gasteiger partial charge is 0.145 e. The van der Waals surface area contributed by atoms with Crippen molar-refractivity contribution >= 4 is 5.82 Å². The number of likely N-dealkylation sites (tertiary alicyclic amines) is 1. The lowest BCUT2D eigenvalue weighted by Gasteiger charge is -2.38. The van der Waals surface area contributed by atoms with Crippen LogP contribution in [0.4, 0.5) is 10.2 Å². The number of pyridine rings is 1. The third-order valence-electron chi connectivity index (χ3n) is 4.21. The van der Waals surface area contributed by atoms with Crippen molar-refractivity contribution in [2.75, 3.05) is 25.0 Å².